The Morgan fingerprint density at radius 1 is 1.43 bits per heavy atom. The minimum absolute atomic E-state index is 0.0999. The van der Waals surface area contributed by atoms with E-state index in [1.54, 1.807) is 4.90 Å². The first-order valence-corrected chi connectivity index (χ1v) is 7.85. The number of hydrogen-bond donors (Lipinski definition) is 2. The van der Waals surface area contributed by atoms with Gasteiger partial charge in [-0.2, -0.15) is 0 Å². The number of urea groups is 1. The molecule has 2 aliphatic rings. The summed E-state index contributed by atoms with van der Waals surface area (Å²) in [5.41, 5.74) is -0.765. The van der Waals surface area contributed by atoms with Crippen molar-refractivity contribution in [3.63, 3.8) is 0 Å². The molecule has 6 nitrogen and oxygen atoms in total. The number of nitrogens with zero attached hydrogens (tertiary/aromatic N) is 1. The van der Waals surface area contributed by atoms with E-state index in [4.69, 9.17) is 4.74 Å². The number of amides is 2. The summed E-state index contributed by atoms with van der Waals surface area (Å²) in [6.07, 6.45) is 3.03. The second kappa shape index (κ2) is 6.64. The van der Waals surface area contributed by atoms with Crippen LogP contribution in [0.25, 0.3) is 0 Å². The molecule has 0 radical (unpaired) electrons. The van der Waals surface area contributed by atoms with Gasteiger partial charge in [0.15, 0.2) is 0 Å². The first-order valence-electron chi connectivity index (χ1n) is 7.85. The van der Waals surface area contributed by atoms with Crippen LogP contribution in [0.3, 0.4) is 0 Å². The molecule has 2 rings (SSSR count). The maximum atomic E-state index is 12.3. The van der Waals surface area contributed by atoms with E-state index in [1.807, 2.05) is 13.8 Å². The van der Waals surface area contributed by atoms with Crippen molar-refractivity contribution >= 4 is 12.0 Å². The maximum absolute atomic E-state index is 12.3. The second-order valence-electron chi connectivity index (χ2n) is 6.30. The number of nitrogens with one attached hydrogen (secondary N) is 1. The van der Waals surface area contributed by atoms with Gasteiger partial charge >= 0.3 is 12.0 Å². The fraction of sp³-hybridized carbons (Fsp3) is 0.867. The zero-order valence-electron chi connectivity index (χ0n) is 12.9. The fourth-order valence-corrected chi connectivity index (χ4v) is 3.28. The molecule has 2 unspecified atom stereocenters. The Morgan fingerprint density at radius 3 is 2.62 bits per heavy atom. The number of carbonyl (C=O) groups excluding carboxylic acids is 1. The van der Waals surface area contributed by atoms with Crippen LogP contribution in [-0.2, 0) is 9.53 Å². The fourth-order valence-electron chi connectivity index (χ4n) is 3.28. The predicted molar refractivity (Wildman–Crippen MR) is 78.1 cm³/mol. The van der Waals surface area contributed by atoms with Gasteiger partial charge in [0.1, 0.15) is 0 Å². The van der Waals surface area contributed by atoms with Crippen molar-refractivity contribution < 1.29 is 19.4 Å². The zero-order valence-corrected chi connectivity index (χ0v) is 12.9. The van der Waals surface area contributed by atoms with Gasteiger partial charge in [-0.1, -0.05) is 6.92 Å². The Bertz CT molecular complexity index is 395. The van der Waals surface area contributed by atoms with E-state index in [-0.39, 0.29) is 12.1 Å². The molecular weight excluding hydrogens is 272 g/mol. The molecule has 2 heterocycles. The summed E-state index contributed by atoms with van der Waals surface area (Å²) >= 11 is 0. The van der Waals surface area contributed by atoms with E-state index in [0.717, 1.165) is 26.1 Å². The summed E-state index contributed by atoms with van der Waals surface area (Å²) < 4.78 is 5.33. The van der Waals surface area contributed by atoms with Crippen molar-refractivity contribution in [3.8, 4) is 0 Å². The summed E-state index contributed by atoms with van der Waals surface area (Å²) in [4.78, 5) is 25.4. The molecule has 2 N–H and O–H groups in total. The van der Waals surface area contributed by atoms with Gasteiger partial charge in [-0.15, -0.1) is 0 Å². The Balaban J connectivity index is 1.88. The van der Waals surface area contributed by atoms with Crippen LogP contribution in [0.1, 0.15) is 39.5 Å². The molecule has 0 spiro atoms. The van der Waals surface area contributed by atoms with Crippen molar-refractivity contribution in [2.24, 2.45) is 11.3 Å². The van der Waals surface area contributed by atoms with Gasteiger partial charge in [-0.05, 0) is 38.5 Å². The highest BCUT2D eigenvalue weighted by Crippen LogP contribution is 2.34. The summed E-state index contributed by atoms with van der Waals surface area (Å²) in [6, 6.07) is -0.0339. The second-order valence-corrected chi connectivity index (χ2v) is 6.30. The third-order valence-corrected chi connectivity index (χ3v) is 5.10. The van der Waals surface area contributed by atoms with Crippen molar-refractivity contribution in [1.82, 2.24) is 10.2 Å². The molecule has 0 aromatic heterocycles. The molecule has 2 saturated heterocycles. The van der Waals surface area contributed by atoms with Gasteiger partial charge < -0.3 is 20.1 Å². The minimum Gasteiger partial charge on any atom is -0.481 e. The van der Waals surface area contributed by atoms with E-state index < -0.39 is 11.4 Å². The lowest BCUT2D eigenvalue weighted by atomic mass is 9.84. The van der Waals surface area contributed by atoms with Crippen LogP contribution in [0.5, 0.6) is 0 Å². The molecule has 2 amide bonds. The van der Waals surface area contributed by atoms with Crippen LogP contribution in [0.4, 0.5) is 4.79 Å². The molecule has 0 saturated carbocycles. The van der Waals surface area contributed by atoms with Crippen molar-refractivity contribution in [1.29, 1.82) is 0 Å². The lowest BCUT2D eigenvalue weighted by Crippen LogP contribution is -2.47. The van der Waals surface area contributed by atoms with Gasteiger partial charge in [0, 0.05) is 32.3 Å². The van der Waals surface area contributed by atoms with Crippen LogP contribution < -0.4 is 5.32 Å². The third-order valence-electron chi connectivity index (χ3n) is 5.10. The normalized spacial score (nSPS) is 28.4. The number of carboxylic acid groups (broad SMARTS) is 1. The monoisotopic (exact) mass is 298 g/mol. The standard InChI is InChI=1S/C15H26N2O4/c1-3-15(13(18)19)6-7-17(10-15)14(20)16-11(2)12-4-8-21-9-5-12/h11-12H,3-10H2,1-2H3,(H,16,20)(H,18,19). The van der Waals surface area contributed by atoms with Crippen LogP contribution in [0, 0.1) is 11.3 Å². The maximum Gasteiger partial charge on any atom is 0.317 e. The van der Waals surface area contributed by atoms with Crippen molar-refractivity contribution in [3.05, 3.63) is 0 Å². The third kappa shape index (κ3) is 3.48. The Labute approximate surface area is 125 Å². The molecule has 2 atom stereocenters. The SMILES string of the molecule is CCC1(C(=O)O)CCN(C(=O)NC(C)C2CCOCC2)C1. The Hall–Kier alpha value is -1.30. The number of likely N-dealkylation sites (tertiary alicyclic amines) is 1. The number of carboxylic acids is 1. The molecule has 6 heteroatoms. The molecule has 0 aromatic carbocycles. The summed E-state index contributed by atoms with van der Waals surface area (Å²) in [5.74, 6) is -0.349. The molecular formula is C15H26N2O4. The highest BCUT2D eigenvalue weighted by molar-refractivity contribution is 5.79. The van der Waals surface area contributed by atoms with E-state index >= 15 is 0 Å². The number of carbonyl (C=O) groups is 2. The molecule has 0 aromatic rings. The number of rotatable bonds is 4. The highest BCUT2D eigenvalue weighted by atomic mass is 16.5. The van der Waals surface area contributed by atoms with Crippen LogP contribution in [-0.4, -0.2) is 54.4 Å². The van der Waals surface area contributed by atoms with Gasteiger partial charge in [-0.25, -0.2) is 4.79 Å². The van der Waals surface area contributed by atoms with Gasteiger partial charge in [0.05, 0.1) is 5.41 Å². The van der Waals surface area contributed by atoms with Crippen LogP contribution >= 0.6 is 0 Å². The summed E-state index contributed by atoms with van der Waals surface area (Å²) in [7, 11) is 0. The Kier molecular flexibility index (Phi) is 5.08. The zero-order chi connectivity index (χ0) is 15.5. The lowest BCUT2D eigenvalue weighted by molar-refractivity contribution is -0.148. The first kappa shape index (κ1) is 16.1. The molecule has 2 aliphatic heterocycles. The van der Waals surface area contributed by atoms with Gasteiger partial charge in [0.2, 0.25) is 0 Å². The van der Waals surface area contributed by atoms with Gasteiger partial charge in [-0.3, -0.25) is 4.79 Å². The quantitative estimate of drug-likeness (QED) is 0.828. The van der Waals surface area contributed by atoms with Crippen LogP contribution in [0.15, 0.2) is 0 Å². The first-order chi connectivity index (χ1) is 9.98. The minimum atomic E-state index is -0.794. The van der Waals surface area contributed by atoms with Crippen molar-refractivity contribution in [2.75, 3.05) is 26.3 Å². The largest absolute Gasteiger partial charge is 0.481 e. The summed E-state index contributed by atoms with van der Waals surface area (Å²) in [6.45, 7) is 6.24. The predicted octanol–water partition coefficient (Wildman–Crippen LogP) is 1.70. The highest BCUT2D eigenvalue weighted by Gasteiger charge is 2.45. The smallest absolute Gasteiger partial charge is 0.317 e. The average Bonchev–Trinajstić information content (AvgIpc) is 2.94. The molecule has 21 heavy (non-hydrogen) atoms. The van der Waals surface area contributed by atoms with E-state index in [1.165, 1.54) is 0 Å². The lowest BCUT2D eigenvalue weighted by Gasteiger charge is -2.30. The Morgan fingerprint density at radius 2 is 2.10 bits per heavy atom. The molecule has 0 aliphatic carbocycles. The molecule has 120 valence electrons. The topological polar surface area (TPSA) is 78.9 Å². The molecule has 0 bridgehead atoms. The number of hydrogen-bond acceptors (Lipinski definition) is 3. The van der Waals surface area contributed by atoms with E-state index in [2.05, 4.69) is 5.32 Å². The van der Waals surface area contributed by atoms with E-state index in [9.17, 15) is 14.7 Å². The van der Waals surface area contributed by atoms with E-state index in [0.29, 0.717) is 31.8 Å². The average molecular weight is 298 g/mol. The number of aliphatic carboxylic acids is 1. The van der Waals surface area contributed by atoms with Gasteiger partial charge in [0.25, 0.3) is 0 Å². The van der Waals surface area contributed by atoms with Crippen LogP contribution in [0.2, 0.25) is 0 Å². The molecule has 2 fully saturated rings. The number of ether oxygens (including phenoxy) is 1. The van der Waals surface area contributed by atoms with Crippen molar-refractivity contribution in [2.45, 2.75) is 45.6 Å². The summed E-state index contributed by atoms with van der Waals surface area (Å²) in [5, 5.41) is 12.4.